The van der Waals surface area contributed by atoms with Crippen LogP contribution in [0.5, 0.6) is 0 Å². The zero-order valence-corrected chi connectivity index (χ0v) is 12.5. The molecule has 0 N–H and O–H groups in total. The van der Waals surface area contributed by atoms with Crippen molar-refractivity contribution in [3.63, 3.8) is 0 Å². The predicted molar refractivity (Wildman–Crippen MR) is 77.5 cm³/mol. The average molecular weight is 291 g/mol. The zero-order valence-electron chi connectivity index (χ0n) is 12.5. The smallest absolute Gasteiger partial charge is 0.410 e. The van der Waals surface area contributed by atoms with Gasteiger partial charge in [-0.2, -0.15) is 0 Å². The van der Waals surface area contributed by atoms with E-state index in [1.54, 1.807) is 4.90 Å². The third-order valence-corrected chi connectivity index (χ3v) is 3.85. The molecular weight excluding hydrogens is 270 g/mol. The van der Waals surface area contributed by atoms with Crippen LogP contribution in [0.15, 0.2) is 30.3 Å². The standard InChI is InChI=1S/C16H21NO4/c1-12-10-14(15(18)20-2)8-9-17(12)16(19)21-11-13-6-4-3-5-7-13/h3-7,12,14H,8-11H2,1-2H3/t12-,14-/m0/s1. The molecule has 0 radical (unpaired) electrons. The zero-order chi connectivity index (χ0) is 15.2. The first-order valence-corrected chi connectivity index (χ1v) is 7.17. The summed E-state index contributed by atoms with van der Waals surface area (Å²) in [5, 5.41) is 0. The van der Waals surface area contributed by atoms with Gasteiger partial charge in [-0.25, -0.2) is 4.79 Å². The first-order valence-electron chi connectivity index (χ1n) is 7.17. The summed E-state index contributed by atoms with van der Waals surface area (Å²) in [6.07, 6.45) is 0.916. The lowest BCUT2D eigenvalue weighted by molar-refractivity contribution is -0.147. The summed E-state index contributed by atoms with van der Waals surface area (Å²) in [5.41, 5.74) is 0.961. The maximum atomic E-state index is 12.1. The molecule has 21 heavy (non-hydrogen) atoms. The highest BCUT2D eigenvalue weighted by Gasteiger charge is 2.33. The van der Waals surface area contributed by atoms with E-state index in [0.29, 0.717) is 19.4 Å². The number of benzene rings is 1. The summed E-state index contributed by atoms with van der Waals surface area (Å²) in [5.74, 6) is -0.317. The van der Waals surface area contributed by atoms with Crippen molar-refractivity contribution in [2.45, 2.75) is 32.4 Å². The number of carbonyl (C=O) groups is 2. The topological polar surface area (TPSA) is 55.8 Å². The van der Waals surface area contributed by atoms with E-state index in [1.165, 1.54) is 7.11 Å². The minimum atomic E-state index is -0.324. The van der Waals surface area contributed by atoms with Crippen molar-refractivity contribution < 1.29 is 19.1 Å². The van der Waals surface area contributed by atoms with Gasteiger partial charge in [0.25, 0.3) is 0 Å². The number of amides is 1. The van der Waals surface area contributed by atoms with Gasteiger partial charge in [0.05, 0.1) is 13.0 Å². The van der Waals surface area contributed by atoms with Crippen LogP contribution in [-0.2, 0) is 20.9 Å². The van der Waals surface area contributed by atoms with Gasteiger partial charge in [0.2, 0.25) is 0 Å². The van der Waals surface area contributed by atoms with E-state index in [9.17, 15) is 9.59 Å². The Kier molecular flexibility index (Phi) is 5.20. The van der Waals surface area contributed by atoms with Gasteiger partial charge in [0.15, 0.2) is 0 Å². The Morgan fingerprint density at radius 1 is 1.29 bits per heavy atom. The second-order valence-electron chi connectivity index (χ2n) is 5.33. The summed E-state index contributed by atoms with van der Waals surface area (Å²) >= 11 is 0. The van der Waals surface area contributed by atoms with Crippen molar-refractivity contribution in [1.82, 2.24) is 4.90 Å². The van der Waals surface area contributed by atoms with E-state index in [1.807, 2.05) is 37.3 Å². The first-order chi connectivity index (χ1) is 10.1. The summed E-state index contributed by atoms with van der Waals surface area (Å²) in [6.45, 7) is 2.72. The Morgan fingerprint density at radius 2 is 2.00 bits per heavy atom. The summed E-state index contributed by atoms with van der Waals surface area (Å²) in [7, 11) is 1.40. The average Bonchev–Trinajstić information content (AvgIpc) is 2.52. The van der Waals surface area contributed by atoms with Gasteiger partial charge >= 0.3 is 12.1 Å². The first kappa shape index (κ1) is 15.4. The molecule has 2 atom stereocenters. The highest BCUT2D eigenvalue weighted by atomic mass is 16.6. The molecule has 1 saturated heterocycles. The largest absolute Gasteiger partial charge is 0.469 e. The van der Waals surface area contributed by atoms with E-state index in [-0.39, 0.29) is 30.6 Å². The third kappa shape index (κ3) is 3.97. The quantitative estimate of drug-likeness (QED) is 0.803. The Bertz CT molecular complexity index is 488. The fourth-order valence-electron chi connectivity index (χ4n) is 2.63. The lowest BCUT2D eigenvalue weighted by atomic mass is 9.92. The third-order valence-electron chi connectivity index (χ3n) is 3.85. The highest BCUT2D eigenvalue weighted by molar-refractivity contribution is 5.73. The molecule has 0 bridgehead atoms. The Hall–Kier alpha value is -2.04. The van der Waals surface area contributed by atoms with Crippen molar-refractivity contribution in [3.05, 3.63) is 35.9 Å². The van der Waals surface area contributed by atoms with Crippen molar-refractivity contribution in [3.8, 4) is 0 Å². The molecular formula is C16H21NO4. The molecule has 1 heterocycles. The second-order valence-corrected chi connectivity index (χ2v) is 5.33. The molecule has 1 fully saturated rings. The Labute approximate surface area is 124 Å². The number of piperidine rings is 1. The number of carbonyl (C=O) groups excluding carboxylic acids is 2. The number of likely N-dealkylation sites (tertiary alicyclic amines) is 1. The van der Waals surface area contributed by atoms with Gasteiger partial charge in [0, 0.05) is 12.6 Å². The Balaban J connectivity index is 1.85. The monoisotopic (exact) mass is 291 g/mol. The molecule has 1 aromatic carbocycles. The molecule has 1 aliphatic heterocycles. The number of hydrogen-bond donors (Lipinski definition) is 0. The molecule has 2 rings (SSSR count). The number of methoxy groups -OCH3 is 1. The molecule has 5 nitrogen and oxygen atoms in total. The van der Waals surface area contributed by atoms with Gasteiger partial charge in [-0.05, 0) is 25.3 Å². The van der Waals surface area contributed by atoms with Crippen LogP contribution in [0.25, 0.3) is 0 Å². The molecule has 5 heteroatoms. The number of esters is 1. The van der Waals surface area contributed by atoms with Crippen LogP contribution in [0.4, 0.5) is 4.79 Å². The fourth-order valence-corrected chi connectivity index (χ4v) is 2.63. The van der Waals surface area contributed by atoms with E-state index in [4.69, 9.17) is 9.47 Å². The molecule has 0 unspecified atom stereocenters. The van der Waals surface area contributed by atoms with Crippen LogP contribution in [0, 0.1) is 5.92 Å². The van der Waals surface area contributed by atoms with Crippen molar-refractivity contribution in [2.24, 2.45) is 5.92 Å². The fraction of sp³-hybridized carbons (Fsp3) is 0.500. The van der Waals surface area contributed by atoms with Crippen molar-refractivity contribution >= 4 is 12.1 Å². The summed E-state index contributed by atoms with van der Waals surface area (Å²) in [6, 6.07) is 9.55. The lowest BCUT2D eigenvalue weighted by Crippen LogP contribution is -2.46. The van der Waals surface area contributed by atoms with E-state index in [0.717, 1.165) is 5.56 Å². The molecule has 0 saturated carbocycles. The van der Waals surface area contributed by atoms with Crippen LogP contribution >= 0.6 is 0 Å². The molecule has 1 aromatic rings. The number of nitrogens with zero attached hydrogens (tertiary/aromatic N) is 1. The van der Waals surface area contributed by atoms with Crippen molar-refractivity contribution in [1.29, 1.82) is 0 Å². The van der Waals surface area contributed by atoms with E-state index >= 15 is 0 Å². The van der Waals surface area contributed by atoms with Crippen LogP contribution in [0.3, 0.4) is 0 Å². The maximum Gasteiger partial charge on any atom is 0.410 e. The van der Waals surface area contributed by atoms with Crippen LogP contribution in [0.1, 0.15) is 25.3 Å². The van der Waals surface area contributed by atoms with E-state index < -0.39 is 0 Å². The Morgan fingerprint density at radius 3 is 2.62 bits per heavy atom. The number of rotatable bonds is 3. The molecule has 1 aliphatic rings. The van der Waals surface area contributed by atoms with Gasteiger partial charge in [-0.3, -0.25) is 4.79 Å². The van der Waals surface area contributed by atoms with E-state index in [2.05, 4.69) is 0 Å². The van der Waals surface area contributed by atoms with Gasteiger partial charge in [0.1, 0.15) is 6.61 Å². The minimum absolute atomic E-state index is 0.0221. The predicted octanol–water partition coefficient (Wildman–Crippen LogP) is 2.60. The van der Waals surface area contributed by atoms with Crippen LogP contribution in [0.2, 0.25) is 0 Å². The molecule has 0 aliphatic carbocycles. The van der Waals surface area contributed by atoms with Gasteiger partial charge in [-0.15, -0.1) is 0 Å². The highest BCUT2D eigenvalue weighted by Crippen LogP contribution is 2.24. The lowest BCUT2D eigenvalue weighted by Gasteiger charge is -2.35. The van der Waals surface area contributed by atoms with Gasteiger partial charge < -0.3 is 14.4 Å². The summed E-state index contributed by atoms with van der Waals surface area (Å²) < 4.78 is 10.1. The van der Waals surface area contributed by atoms with Gasteiger partial charge in [-0.1, -0.05) is 30.3 Å². The normalized spacial score (nSPS) is 21.7. The van der Waals surface area contributed by atoms with Crippen LogP contribution < -0.4 is 0 Å². The molecule has 0 aromatic heterocycles. The second kappa shape index (κ2) is 7.11. The SMILES string of the molecule is COC(=O)[C@H]1CCN(C(=O)OCc2ccccc2)[C@@H](C)C1. The molecule has 114 valence electrons. The number of ether oxygens (including phenoxy) is 2. The van der Waals surface area contributed by atoms with Crippen molar-refractivity contribution in [2.75, 3.05) is 13.7 Å². The molecule has 1 amide bonds. The minimum Gasteiger partial charge on any atom is -0.469 e. The molecule has 0 spiro atoms. The summed E-state index contributed by atoms with van der Waals surface area (Å²) in [4.78, 5) is 25.3. The maximum absolute atomic E-state index is 12.1. The number of hydrogen-bond acceptors (Lipinski definition) is 4. The van der Waals surface area contributed by atoms with Crippen LogP contribution in [-0.4, -0.2) is 36.7 Å².